The molecular formula is C9H14O7. The Morgan fingerprint density at radius 1 is 1.25 bits per heavy atom. The van der Waals surface area contributed by atoms with E-state index in [2.05, 4.69) is 4.74 Å². The van der Waals surface area contributed by atoms with Crippen molar-refractivity contribution in [3.8, 4) is 0 Å². The van der Waals surface area contributed by atoms with Gasteiger partial charge in [0.15, 0.2) is 6.10 Å². The maximum atomic E-state index is 10.8. The molecule has 16 heavy (non-hydrogen) atoms. The Kier molecular flexibility index (Phi) is 6.86. The number of esters is 2. The maximum Gasteiger partial charge on any atom is 0.317 e. The van der Waals surface area contributed by atoms with Crippen molar-refractivity contribution in [1.29, 1.82) is 0 Å². The van der Waals surface area contributed by atoms with Crippen LogP contribution in [0.2, 0.25) is 0 Å². The molecule has 1 unspecified atom stereocenters. The Bertz CT molecular complexity index is 261. The first-order chi connectivity index (χ1) is 7.49. The summed E-state index contributed by atoms with van der Waals surface area (Å²) in [7, 11) is 0. The highest BCUT2D eigenvalue weighted by Gasteiger charge is 2.16. The lowest BCUT2D eigenvalue weighted by molar-refractivity contribution is -0.163. The Morgan fingerprint density at radius 2 is 1.88 bits per heavy atom. The fraction of sp³-hybridized carbons (Fsp3) is 0.667. The molecule has 1 atom stereocenters. The highest BCUT2D eigenvalue weighted by atomic mass is 16.6. The van der Waals surface area contributed by atoms with Crippen LogP contribution in [-0.4, -0.2) is 47.4 Å². The summed E-state index contributed by atoms with van der Waals surface area (Å²) in [5, 5.41) is 17.0. The number of carboxylic acids is 1. The quantitative estimate of drug-likeness (QED) is 0.443. The molecule has 0 bridgehead atoms. The Labute approximate surface area is 92.0 Å². The normalized spacial score (nSPS) is 11.6. The lowest BCUT2D eigenvalue weighted by Crippen LogP contribution is -2.28. The van der Waals surface area contributed by atoms with E-state index < -0.39 is 37.0 Å². The number of aliphatic hydroxyl groups excluding tert-OH is 1. The SMILES string of the molecule is CCC(=O)OC(CO)COC(=O)CC(=O)O. The first kappa shape index (κ1) is 14.4. The Morgan fingerprint density at radius 3 is 2.31 bits per heavy atom. The first-order valence-electron chi connectivity index (χ1n) is 4.67. The largest absolute Gasteiger partial charge is 0.481 e. The van der Waals surface area contributed by atoms with Crippen LogP contribution >= 0.6 is 0 Å². The van der Waals surface area contributed by atoms with Gasteiger partial charge in [0.2, 0.25) is 0 Å². The summed E-state index contributed by atoms with van der Waals surface area (Å²) in [4.78, 5) is 31.8. The lowest BCUT2D eigenvalue weighted by Gasteiger charge is -2.14. The summed E-state index contributed by atoms with van der Waals surface area (Å²) in [5.74, 6) is -2.79. The van der Waals surface area contributed by atoms with E-state index in [0.29, 0.717) is 0 Å². The van der Waals surface area contributed by atoms with Crippen LogP contribution in [-0.2, 0) is 23.9 Å². The van der Waals surface area contributed by atoms with Gasteiger partial charge >= 0.3 is 17.9 Å². The highest BCUT2D eigenvalue weighted by Crippen LogP contribution is 1.97. The van der Waals surface area contributed by atoms with Crippen LogP contribution in [0.3, 0.4) is 0 Å². The van der Waals surface area contributed by atoms with Crippen molar-refractivity contribution < 1.29 is 34.1 Å². The van der Waals surface area contributed by atoms with Crippen LogP contribution in [0, 0.1) is 0 Å². The molecule has 0 aliphatic carbocycles. The van der Waals surface area contributed by atoms with Crippen molar-refractivity contribution in [2.45, 2.75) is 25.9 Å². The van der Waals surface area contributed by atoms with Crippen molar-refractivity contribution in [2.75, 3.05) is 13.2 Å². The van der Waals surface area contributed by atoms with E-state index in [1.807, 2.05) is 0 Å². The first-order valence-corrected chi connectivity index (χ1v) is 4.67. The van der Waals surface area contributed by atoms with Crippen molar-refractivity contribution in [1.82, 2.24) is 0 Å². The van der Waals surface area contributed by atoms with E-state index in [1.165, 1.54) is 0 Å². The fourth-order valence-electron chi connectivity index (χ4n) is 0.754. The van der Waals surface area contributed by atoms with E-state index in [4.69, 9.17) is 14.9 Å². The summed E-state index contributed by atoms with van der Waals surface area (Å²) >= 11 is 0. The minimum atomic E-state index is -1.31. The van der Waals surface area contributed by atoms with E-state index >= 15 is 0 Å². The number of carbonyl (C=O) groups is 3. The molecule has 7 nitrogen and oxygen atoms in total. The highest BCUT2D eigenvalue weighted by molar-refractivity contribution is 5.90. The molecule has 0 aromatic heterocycles. The van der Waals surface area contributed by atoms with E-state index in [0.717, 1.165) is 0 Å². The number of aliphatic carboxylic acids is 1. The molecule has 0 aliphatic heterocycles. The number of hydrogen-bond acceptors (Lipinski definition) is 6. The van der Waals surface area contributed by atoms with Gasteiger partial charge in [0.25, 0.3) is 0 Å². The predicted octanol–water partition coefficient (Wildman–Crippen LogP) is -0.682. The second-order valence-electron chi connectivity index (χ2n) is 2.90. The van der Waals surface area contributed by atoms with Gasteiger partial charge in [-0.05, 0) is 0 Å². The number of aliphatic hydroxyl groups is 1. The van der Waals surface area contributed by atoms with Crippen LogP contribution in [0.4, 0.5) is 0 Å². The van der Waals surface area contributed by atoms with Gasteiger partial charge in [-0.1, -0.05) is 6.92 Å². The van der Waals surface area contributed by atoms with E-state index in [9.17, 15) is 14.4 Å². The zero-order chi connectivity index (χ0) is 12.6. The summed E-state index contributed by atoms with van der Waals surface area (Å²) < 4.78 is 9.18. The molecule has 0 heterocycles. The third kappa shape index (κ3) is 6.77. The average Bonchev–Trinajstić information content (AvgIpc) is 2.22. The van der Waals surface area contributed by atoms with Gasteiger partial charge in [0, 0.05) is 6.42 Å². The third-order valence-corrected chi connectivity index (χ3v) is 1.52. The molecule has 0 aliphatic rings. The monoisotopic (exact) mass is 234 g/mol. The fourth-order valence-corrected chi connectivity index (χ4v) is 0.754. The van der Waals surface area contributed by atoms with Crippen LogP contribution in [0.1, 0.15) is 19.8 Å². The van der Waals surface area contributed by atoms with E-state index in [-0.39, 0.29) is 13.0 Å². The van der Waals surface area contributed by atoms with E-state index in [1.54, 1.807) is 6.92 Å². The molecule has 0 rings (SSSR count). The van der Waals surface area contributed by atoms with Crippen LogP contribution in [0.15, 0.2) is 0 Å². The van der Waals surface area contributed by atoms with Gasteiger partial charge in [0.05, 0.1) is 6.61 Å². The summed E-state index contributed by atoms with van der Waals surface area (Å²) in [6, 6.07) is 0. The minimum Gasteiger partial charge on any atom is -0.481 e. The predicted molar refractivity (Wildman–Crippen MR) is 50.5 cm³/mol. The number of ether oxygens (including phenoxy) is 2. The molecule has 2 N–H and O–H groups in total. The molecule has 0 radical (unpaired) electrons. The zero-order valence-corrected chi connectivity index (χ0v) is 8.84. The summed E-state index contributed by atoms with van der Waals surface area (Å²) in [5.41, 5.74) is 0. The maximum absolute atomic E-state index is 10.8. The third-order valence-electron chi connectivity index (χ3n) is 1.52. The molecule has 0 aromatic carbocycles. The van der Waals surface area contributed by atoms with Crippen LogP contribution in [0.25, 0.3) is 0 Å². The van der Waals surface area contributed by atoms with Crippen molar-refractivity contribution in [3.63, 3.8) is 0 Å². The molecule has 0 fully saturated rings. The van der Waals surface area contributed by atoms with Crippen molar-refractivity contribution in [2.24, 2.45) is 0 Å². The number of rotatable bonds is 7. The van der Waals surface area contributed by atoms with Crippen molar-refractivity contribution >= 4 is 17.9 Å². The molecular weight excluding hydrogens is 220 g/mol. The second kappa shape index (κ2) is 7.63. The van der Waals surface area contributed by atoms with Gasteiger partial charge < -0.3 is 19.7 Å². The molecule has 0 saturated heterocycles. The zero-order valence-electron chi connectivity index (χ0n) is 8.84. The van der Waals surface area contributed by atoms with Gasteiger partial charge in [0.1, 0.15) is 13.0 Å². The minimum absolute atomic E-state index is 0.138. The molecule has 92 valence electrons. The molecule has 7 heteroatoms. The van der Waals surface area contributed by atoms with Gasteiger partial charge in [-0.25, -0.2) is 0 Å². The smallest absolute Gasteiger partial charge is 0.317 e. The second-order valence-corrected chi connectivity index (χ2v) is 2.90. The Balaban J connectivity index is 3.90. The average molecular weight is 234 g/mol. The summed E-state index contributed by atoms with van der Waals surface area (Å²) in [6.07, 6.45) is -1.58. The standard InChI is InChI=1S/C9H14O7/c1-2-8(13)16-6(4-10)5-15-9(14)3-7(11)12/h6,10H,2-5H2,1H3,(H,11,12). The number of carboxylic acid groups (broad SMARTS) is 1. The summed E-state index contributed by atoms with van der Waals surface area (Å²) in [6.45, 7) is 0.730. The van der Waals surface area contributed by atoms with Crippen LogP contribution < -0.4 is 0 Å². The molecule has 0 spiro atoms. The molecule has 0 amide bonds. The van der Waals surface area contributed by atoms with Gasteiger partial charge in [-0.2, -0.15) is 0 Å². The molecule has 0 aromatic rings. The number of hydrogen-bond donors (Lipinski definition) is 2. The Hall–Kier alpha value is -1.63. The number of carbonyl (C=O) groups excluding carboxylic acids is 2. The van der Waals surface area contributed by atoms with Gasteiger partial charge in [-0.3, -0.25) is 14.4 Å². The van der Waals surface area contributed by atoms with Gasteiger partial charge in [-0.15, -0.1) is 0 Å². The lowest BCUT2D eigenvalue weighted by atomic mass is 10.4. The van der Waals surface area contributed by atoms with Crippen molar-refractivity contribution in [3.05, 3.63) is 0 Å². The molecule has 0 saturated carbocycles. The topological polar surface area (TPSA) is 110 Å². The van der Waals surface area contributed by atoms with Crippen LogP contribution in [0.5, 0.6) is 0 Å².